The average molecular weight is 181 g/mol. The van der Waals surface area contributed by atoms with Gasteiger partial charge in [0.15, 0.2) is 0 Å². The molecule has 1 aromatic heterocycles. The van der Waals surface area contributed by atoms with Crippen LogP contribution < -0.4 is 5.56 Å². The zero-order valence-corrected chi connectivity index (χ0v) is 8.29. The molecule has 0 radical (unpaired) electrons. The largest absolute Gasteiger partial charge is 0.296 e. The van der Waals surface area contributed by atoms with Crippen molar-refractivity contribution in [2.45, 2.75) is 33.0 Å². The molecule has 0 spiro atoms. The molecule has 0 amide bonds. The van der Waals surface area contributed by atoms with Gasteiger partial charge in [0, 0.05) is 19.1 Å². The SMILES string of the molecule is CC(C)n1[nH]c(=O)c2c1CN(C)C2. The summed E-state index contributed by atoms with van der Waals surface area (Å²) in [5, 5.41) is 2.87. The van der Waals surface area contributed by atoms with Crippen LogP contribution in [0.2, 0.25) is 0 Å². The first-order chi connectivity index (χ1) is 6.09. The number of hydrogen-bond donors (Lipinski definition) is 1. The summed E-state index contributed by atoms with van der Waals surface area (Å²) in [5.74, 6) is 0. The fraction of sp³-hybridized carbons (Fsp3) is 0.667. The highest BCUT2D eigenvalue weighted by Gasteiger charge is 2.24. The van der Waals surface area contributed by atoms with E-state index in [9.17, 15) is 4.79 Å². The minimum Gasteiger partial charge on any atom is -0.296 e. The lowest BCUT2D eigenvalue weighted by atomic mass is 10.3. The molecule has 0 aliphatic carbocycles. The van der Waals surface area contributed by atoms with Crippen molar-refractivity contribution in [3.8, 4) is 0 Å². The van der Waals surface area contributed by atoms with Crippen LogP contribution in [-0.2, 0) is 13.1 Å². The molecular formula is C9H15N3O. The highest BCUT2D eigenvalue weighted by atomic mass is 16.1. The lowest BCUT2D eigenvalue weighted by Crippen LogP contribution is -2.17. The summed E-state index contributed by atoms with van der Waals surface area (Å²) in [7, 11) is 2.03. The van der Waals surface area contributed by atoms with Gasteiger partial charge in [-0.2, -0.15) is 0 Å². The Bertz CT molecular complexity index is 375. The number of H-pyrrole nitrogens is 1. The van der Waals surface area contributed by atoms with Gasteiger partial charge < -0.3 is 0 Å². The van der Waals surface area contributed by atoms with Crippen molar-refractivity contribution in [3.63, 3.8) is 0 Å². The topological polar surface area (TPSA) is 41.0 Å². The molecule has 1 aliphatic rings. The maximum atomic E-state index is 11.5. The number of fused-ring (bicyclic) bond motifs is 1. The van der Waals surface area contributed by atoms with E-state index in [4.69, 9.17) is 0 Å². The summed E-state index contributed by atoms with van der Waals surface area (Å²) in [6, 6.07) is 0.336. The molecule has 13 heavy (non-hydrogen) atoms. The van der Waals surface area contributed by atoms with E-state index in [2.05, 4.69) is 23.8 Å². The molecule has 4 heteroatoms. The van der Waals surface area contributed by atoms with Crippen LogP contribution in [0.25, 0.3) is 0 Å². The molecule has 4 nitrogen and oxygen atoms in total. The monoisotopic (exact) mass is 181 g/mol. The molecular weight excluding hydrogens is 166 g/mol. The Morgan fingerprint density at radius 2 is 2.08 bits per heavy atom. The van der Waals surface area contributed by atoms with Gasteiger partial charge in [0.25, 0.3) is 5.56 Å². The molecule has 1 N–H and O–H groups in total. The summed E-state index contributed by atoms with van der Waals surface area (Å²) in [4.78, 5) is 13.6. The van der Waals surface area contributed by atoms with Crippen LogP contribution in [0.3, 0.4) is 0 Å². The van der Waals surface area contributed by atoms with Crippen molar-refractivity contribution >= 4 is 0 Å². The average Bonchev–Trinajstić information content (AvgIpc) is 2.51. The summed E-state index contributed by atoms with van der Waals surface area (Å²) < 4.78 is 1.97. The normalized spacial score (nSPS) is 16.9. The van der Waals surface area contributed by atoms with Gasteiger partial charge in [-0.1, -0.05) is 0 Å². The first-order valence-corrected chi connectivity index (χ1v) is 4.60. The molecule has 0 fully saturated rings. The fourth-order valence-electron chi connectivity index (χ4n) is 1.88. The van der Waals surface area contributed by atoms with E-state index in [-0.39, 0.29) is 5.56 Å². The van der Waals surface area contributed by atoms with Crippen molar-refractivity contribution in [2.24, 2.45) is 0 Å². The zero-order chi connectivity index (χ0) is 9.59. The molecule has 2 rings (SSSR count). The molecule has 0 bridgehead atoms. The van der Waals surface area contributed by atoms with Gasteiger partial charge in [-0.15, -0.1) is 0 Å². The second kappa shape index (κ2) is 2.73. The molecule has 0 saturated carbocycles. The lowest BCUT2D eigenvalue weighted by molar-refractivity contribution is 0.336. The summed E-state index contributed by atoms with van der Waals surface area (Å²) in [6.07, 6.45) is 0. The quantitative estimate of drug-likeness (QED) is 0.693. The number of nitrogens with zero attached hydrogens (tertiary/aromatic N) is 2. The van der Waals surface area contributed by atoms with E-state index in [0.29, 0.717) is 6.04 Å². The van der Waals surface area contributed by atoms with Crippen LogP contribution in [0.5, 0.6) is 0 Å². The Morgan fingerprint density at radius 3 is 2.69 bits per heavy atom. The highest BCUT2D eigenvalue weighted by Crippen LogP contribution is 2.19. The van der Waals surface area contributed by atoms with E-state index in [1.165, 1.54) is 0 Å². The standard InChI is InChI=1S/C9H15N3O/c1-6(2)12-8-5-11(3)4-7(8)9(13)10-12/h6H,4-5H2,1-3H3,(H,10,13). The van der Waals surface area contributed by atoms with E-state index >= 15 is 0 Å². The van der Waals surface area contributed by atoms with Crippen molar-refractivity contribution in [1.29, 1.82) is 0 Å². The van der Waals surface area contributed by atoms with Gasteiger partial charge in [0.2, 0.25) is 0 Å². The number of nitrogens with one attached hydrogen (secondary N) is 1. The van der Waals surface area contributed by atoms with E-state index in [1.807, 2.05) is 11.7 Å². The van der Waals surface area contributed by atoms with E-state index < -0.39 is 0 Å². The van der Waals surface area contributed by atoms with Crippen LogP contribution >= 0.6 is 0 Å². The fourth-order valence-corrected chi connectivity index (χ4v) is 1.88. The predicted octanol–water partition coefficient (Wildman–Crippen LogP) is 0.703. The second-order valence-electron chi connectivity index (χ2n) is 4.00. The zero-order valence-electron chi connectivity index (χ0n) is 8.29. The van der Waals surface area contributed by atoms with Gasteiger partial charge in [-0.3, -0.25) is 19.5 Å². The Hall–Kier alpha value is -1.03. The van der Waals surface area contributed by atoms with Crippen molar-refractivity contribution < 1.29 is 0 Å². The predicted molar refractivity (Wildman–Crippen MR) is 50.6 cm³/mol. The Labute approximate surface area is 77.1 Å². The Kier molecular flexibility index (Phi) is 1.80. The Balaban J connectivity index is 2.52. The van der Waals surface area contributed by atoms with Crippen molar-refractivity contribution in [2.75, 3.05) is 7.05 Å². The molecule has 0 aromatic carbocycles. The van der Waals surface area contributed by atoms with Crippen molar-refractivity contribution in [1.82, 2.24) is 14.7 Å². The maximum Gasteiger partial charge on any atom is 0.268 e. The molecule has 72 valence electrons. The third-order valence-corrected chi connectivity index (χ3v) is 2.50. The summed E-state index contributed by atoms with van der Waals surface area (Å²) >= 11 is 0. The Morgan fingerprint density at radius 1 is 1.38 bits per heavy atom. The van der Waals surface area contributed by atoms with Crippen molar-refractivity contribution in [3.05, 3.63) is 21.6 Å². The number of aromatic amines is 1. The summed E-state index contributed by atoms with van der Waals surface area (Å²) in [6.45, 7) is 5.82. The number of hydrogen-bond acceptors (Lipinski definition) is 2. The van der Waals surface area contributed by atoms with Crippen LogP contribution in [0.15, 0.2) is 4.79 Å². The molecule has 1 aliphatic heterocycles. The highest BCUT2D eigenvalue weighted by molar-refractivity contribution is 5.22. The molecule has 0 saturated heterocycles. The van der Waals surface area contributed by atoms with Crippen LogP contribution in [0.4, 0.5) is 0 Å². The van der Waals surface area contributed by atoms with Gasteiger partial charge in [-0.05, 0) is 20.9 Å². The van der Waals surface area contributed by atoms with Gasteiger partial charge in [0.05, 0.1) is 11.3 Å². The second-order valence-corrected chi connectivity index (χ2v) is 4.00. The molecule has 0 unspecified atom stereocenters. The van der Waals surface area contributed by atoms with Gasteiger partial charge >= 0.3 is 0 Å². The van der Waals surface area contributed by atoms with Crippen LogP contribution in [0.1, 0.15) is 31.1 Å². The smallest absolute Gasteiger partial charge is 0.268 e. The number of aromatic nitrogens is 2. The minimum atomic E-state index is 0.0769. The van der Waals surface area contributed by atoms with Crippen LogP contribution in [-0.4, -0.2) is 21.7 Å². The van der Waals surface area contributed by atoms with Crippen LogP contribution in [0, 0.1) is 0 Å². The third-order valence-electron chi connectivity index (χ3n) is 2.50. The van der Waals surface area contributed by atoms with E-state index in [0.717, 1.165) is 24.3 Å². The lowest BCUT2D eigenvalue weighted by Gasteiger charge is -2.11. The first kappa shape index (κ1) is 8.56. The molecule has 0 atom stereocenters. The third kappa shape index (κ3) is 1.21. The minimum absolute atomic E-state index is 0.0769. The summed E-state index contributed by atoms with van der Waals surface area (Å²) in [5.41, 5.74) is 2.17. The number of rotatable bonds is 1. The maximum absolute atomic E-state index is 11.5. The molecule has 1 aromatic rings. The van der Waals surface area contributed by atoms with E-state index in [1.54, 1.807) is 0 Å². The van der Waals surface area contributed by atoms with Gasteiger partial charge in [0.1, 0.15) is 0 Å². The first-order valence-electron chi connectivity index (χ1n) is 4.60. The molecule has 2 heterocycles. The van der Waals surface area contributed by atoms with Gasteiger partial charge in [-0.25, -0.2) is 0 Å².